The number of rotatable bonds is 10. The molecule has 0 fully saturated rings. The van der Waals surface area contributed by atoms with Crippen LogP contribution in [0.3, 0.4) is 0 Å². The van der Waals surface area contributed by atoms with Gasteiger partial charge in [0.15, 0.2) is 5.78 Å². The fourth-order valence-electron chi connectivity index (χ4n) is 5.45. The van der Waals surface area contributed by atoms with E-state index in [4.69, 9.17) is 4.98 Å². The third-order valence-electron chi connectivity index (χ3n) is 10.3. The Labute approximate surface area is 306 Å². The maximum atomic E-state index is 12.2. The minimum Gasteiger partial charge on any atom is -0.512 e. The fourth-order valence-corrected chi connectivity index (χ4v) is 6.61. The van der Waals surface area contributed by atoms with Crippen molar-refractivity contribution >= 4 is 29.9 Å². The van der Waals surface area contributed by atoms with E-state index in [1.807, 2.05) is 47.6 Å². The van der Waals surface area contributed by atoms with Gasteiger partial charge in [-0.15, -0.1) is 35.4 Å². The molecule has 1 N–H and O–H groups in total. The molecule has 0 spiro atoms. The van der Waals surface area contributed by atoms with Gasteiger partial charge in [0.2, 0.25) is 0 Å². The summed E-state index contributed by atoms with van der Waals surface area (Å²) in [4.78, 5) is 17.2. The molecule has 48 heavy (non-hydrogen) atoms. The van der Waals surface area contributed by atoms with Gasteiger partial charge in [-0.05, 0) is 54.0 Å². The number of pyridine rings is 1. The van der Waals surface area contributed by atoms with Crippen LogP contribution in [-0.2, 0) is 30.3 Å². The average molecular weight is 841 g/mol. The number of hydrogen-bond acceptors (Lipinski definition) is 3. The summed E-state index contributed by atoms with van der Waals surface area (Å²) in [6, 6.07) is 29.6. The van der Waals surface area contributed by atoms with Crippen LogP contribution in [0.2, 0.25) is 19.6 Å². The van der Waals surface area contributed by atoms with Gasteiger partial charge in [-0.3, -0.25) is 9.78 Å². The van der Waals surface area contributed by atoms with Crippen molar-refractivity contribution in [1.29, 1.82) is 0 Å². The van der Waals surface area contributed by atoms with Crippen molar-refractivity contribution in [1.82, 2.24) is 4.98 Å². The van der Waals surface area contributed by atoms with Gasteiger partial charge in [-0.25, -0.2) is 0 Å². The first-order chi connectivity index (χ1) is 21.9. The van der Waals surface area contributed by atoms with E-state index in [1.54, 1.807) is 0 Å². The number of aliphatic hydroxyl groups is 1. The van der Waals surface area contributed by atoms with Gasteiger partial charge in [0.25, 0.3) is 0 Å². The molecule has 1 radical (unpaired) electrons. The van der Waals surface area contributed by atoms with Crippen LogP contribution in [0.25, 0.3) is 33.3 Å². The number of nitrogens with zero attached hydrogens (tertiary/aromatic N) is 1. The standard InChI is InChI=1S/C28H30NSi.C15H28O2.Ir/c1-28(2,3)22-14-10-13-21(17-22)27-19-24(20-11-8-7-9-12-20)25-18-23(30(4,5)6)15-16-26(25)29-27;1-7-14(5,8-2)12(16)11-13(17)15(6,9-3)10-4;/h7-12,14-19H,1-6H3;11,16H,7-10H2,1-6H3;/q-1;;/b;12-11-;. The summed E-state index contributed by atoms with van der Waals surface area (Å²) >= 11 is 0. The topological polar surface area (TPSA) is 50.2 Å². The summed E-state index contributed by atoms with van der Waals surface area (Å²) in [5, 5.41) is 12.8. The molecule has 0 amide bonds. The molecule has 0 aliphatic rings. The van der Waals surface area contributed by atoms with Crippen molar-refractivity contribution in [3.8, 4) is 22.4 Å². The van der Waals surface area contributed by atoms with Gasteiger partial charge < -0.3 is 5.11 Å². The molecule has 0 unspecified atom stereocenters. The SMILES string of the molecule is CC(C)(C)c1cc[c-]c(-c2cc(-c3ccccc3)c3cc([Si](C)(C)C)ccc3n2)c1.CCC(C)(CC)C(=O)/C=C(\O)C(C)(CC)CC.[Ir]. The molecule has 4 rings (SSSR count). The maximum absolute atomic E-state index is 12.2. The molecule has 1 aromatic heterocycles. The van der Waals surface area contributed by atoms with Crippen molar-refractivity contribution in [2.45, 2.75) is 113 Å². The van der Waals surface area contributed by atoms with E-state index < -0.39 is 8.07 Å². The van der Waals surface area contributed by atoms with E-state index in [1.165, 1.54) is 33.3 Å². The Morgan fingerprint density at radius 3 is 1.92 bits per heavy atom. The number of aromatic nitrogens is 1. The first-order valence-electron chi connectivity index (χ1n) is 17.4. The number of fused-ring (bicyclic) bond motifs is 1. The summed E-state index contributed by atoms with van der Waals surface area (Å²) in [7, 11) is -1.41. The Morgan fingerprint density at radius 1 is 0.812 bits per heavy atom. The van der Waals surface area contributed by atoms with Crippen LogP contribution in [0.5, 0.6) is 0 Å². The molecule has 261 valence electrons. The summed E-state index contributed by atoms with van der Waals surface area (Å²) in [6.45, 7) is 26.0. The second kappa shape index (κ2) is 16.7. The van der Waals surface area contributed by atoms with Crippen molar-refractivity contribution in [3.05, 3.63) is 96.3 Å². The number of carbonyl (C=O) groups is 1. The zero-order valence-corrected chi connectivity index (χ0v) is 34.9. The van der Waals surface area contributed by atoms with Crippen LogP contribution in [0.1, 0.15) is 93.6 Å². The summed E-state index contributed by atoms with van der Waals surface area (Å²) in [5.74, 6) is 0.286. The number of hydrogen-bond donors (Lipinski definition) is 1. The van der Waals surface area contributed by atoms with E-state index in [2.05, 4.69) is 113 Å². The molecule has 0 aliphatic carbocycles. The Bertz CT molecular complexity index is 1690. The van der Waals surface area contributed by atoms with Crippen LogP contribution in [0.4, 0.5) is 0 Å². The number of aliphatic hydroxyl groups excluding tert-OH is 1. The van der Waals surface area contributed by atoms with Gasteiger partial charge in [-0.1, -0.05) is 136 Å². The molecule has 0 aliphatic heterocycles. The predicted octanol–water partition coefficient (Wildman–Crippen LogP) is 11.9. The second-order valence-electron chi connectivity index (χ2n) is 15.6. The monoisotopic (exact) mass is 841 g/mol. The van der Waals surface area contributed by atoms with Crippen LogP contribution in [0, 0.1) is 16.9 Å². The smallest absolute Gasteiger partial charge is 0.164 e. The third kappa shape index (κ3) is 9.86. The van der Waals surface area contributed by atoms with E-state index in [0.717, 1.165) is 42.5 Å². The third-order valence-corrected chi connectivity index (χ3v) is 12.3. The fraction of sp³-hybridized carbons (Fsp3) is 0.442. The molecule has 0 saturated heterocycles. The minimum absolute atomic E-state index is 0. The van der Waals surface area contributed by atoms with Gasteiger partial charge >= 0.3 is 0 Å². The second-order valence-corrected chi connectivity index (χ2v) is 20.7. The van der Waals surface area contributed by atoms with Gasteiger partial charge in [0.05, 0.1) is 13.6 Å². The number of benzene rings is 3. The number of carbonyl (C=O) groups excluding carboxylic acids is 1. The largest absolute Gasteiger partial charge is 0.512 e. The van der Waals surface area contributed by atoms with Crippen LogP contribution in [0.15, 0.2) is 84.6 Å². The van der Waals surface area contributed by atoms with E-state index in [0.29, 0.717) is 0 Å². The van der Waals surface area contributed by atoms with Gasteiger partial charge in [0, 0.05) is 42.4 Å². The van der Waals surface area contributed by atoms with Crippen molar-refractivity contribution in [2.24, 2.45) is 10.8 Å². The van der Waals surface area contributed by atoms with Gasteiger partial charge in [0.1, 0.15) is 5.76 Å². The molecule has 5 heteroatoms. The predicted molar refractivity (Wildman–Crippen MR) is 206 cm³/mol. The van der Waals surface area contributed by atoms with Gasteiger partial charge in [-0.2, -0.15) is 0 Å². The first-order valence-corrected chi connectivity index (χ1v) is 20.9. The molecule has 3 nitrogen and oxygen atoms in total. The minimum atomic E-state index is -1.41. The summed E-state index contributed by atoms with van der Waals surface area (Å²) < 4.78 is 0. The Hall–Kier alpha value is -2.85. The van der Waals surface area contributed by atoms with Crippen molar-refractivity contribution in [2.75, 3.05) is 0 Å². The molecular formula is C43H58IrNO2Si-. The van der Waals surface area contributed by atoms with Crippen LogP contribution < -0.4 is 5.19 Å². The van der Waals surface area contributed by atoms with Crippen LogP contribution in [-0.4, -0.2) is 23.9 Å². The Balaban J connectivity index is 0.000000384. The molecule has 0 saturated carbocycles. The van der Waals surface area contributed by atoms with E-state index >= 15 is 0 Å². The zero-order valence-electron chi connectivity index (χ0n) is 31.5. The molecule has 1 heterocycles. The van der Waals surface area contributed by atoms with E-state index in [-0.39, 0.29) is 47.9 Å². The normalized spacial score (nSPS) is 12.6. The molecular weight excluding hydrogens is 783 g/mol. The molecule has 0 bridgehead atoms. The Morgan fingerprint density at radius 2 is 1.40 bits per heavy atom. The number of ketones is 1. The summed E-state index contributed by atoms with van der Waals surface area (Å²) in [5.41, 5.74) is 6.33. The molecule has 3 aromatic carbocycles. The summed E-state index contributed by atoms with van der Waals surface area (Å²) in [6.07, 6.45) is 4.75. The molecule has 4 aromatic rings. The van der Waals surface area contributed by atoms with E-state index in [9.17, 15) is 9.90 Å². The Kier molecular flexibility index (Phi) is 14.4. The quantitative estimate of drug-likeness (QED) is 0.0749. The van der Waals surface area contributed by atoms with Crippen molar-refractivity contribution in [3.63, 3.8) is 0 Å². The van der Waals surface area contributed by atoms with Crippen LogP contribution >= 0.6 is 0 Å². The first kappa shape index (κ1) is 41.3. The molecule has 0 atom stereocenters. The average Bonchev–Trinajstić information content (AvgIpc) is 3.06. The number of allylic oxidation sites excluding steroid dienone is 2. The maximum Gasteiger partial charge on any atom is 0.164 e. The zero-order chi connectivity index (χ0) is 35.2. The van der Waals surface area contributed by atoms with Crippen molar-refractivity contribution < 1.29 is 30.0 Å².